The molecule has 0 bridgehead atoms. The van der Waals surface area contributed by atoms with Crippen molar-refractivity contribution in [2.24, 2.45) is 12.0 Å². The zero-order valence-electron chi connectivity index (χ0n) is 15.9. The Hall–Kier alpha value is -2.70. The van der Waals surface area contributed by atoms with E-state index in [1.54, 1.807) is 6.20 Å². The smallest absolute Gasteiger partial charge is 0.231 e. The summed E-state index contributed by atoms with van der Waals surface area (Å²) >= 11 is 0. The number of aryl methyl sites for hydroxylation is 1. The highest BCUT2D eigenvalue weighted by molar-refractivity contribution is 5.79. The summed E-state index contributed by atoms with van der Waals surface area (Å²) in [5.41, 5.74) is 2.16. The maximum atomic E-state index is 5.50. The normalized spacial score (nSPS) is 13.8. The van der Waals surface area contributed by atoms with Crippen LogP contribution in [-0.4, -0.2) is 35.6 Å². The number of rotatable bonds is 6. The SMILES string of the molecule is CCNC(=NCc1ccnn1C)NCC(C)(C)c1ccc2c(c1)OCO2. The van der Waals surface area contributed by atoms with Crippen LogP contribution in [0.2, 0.25) is 0 Å². The highest BCUT2D eigenvalue weighted by Crippen LogP contribution is 2.36. The predicted molar refractivity (Wildman–Crippen MR) is 102 cm³/mol. The molecule has 0 unspecified atom stereocenters. The number of aromatic nitrogens is 2. The molecule has 0 amide bonds. The van der Waals surface area contributed by atoms with Crippen LogP contribution < -0.4 is 20.1 Å². The Morgan fingerprint density at radius 1 is 1.23 bits per heavy atom. The van der Waals surface area contributed by atoms with Gasteiger partial charge in [-0.05, 0) is 30.7 Å². The van der Waals surface area contributed by atoms with E-state index in [9.17, 15) is 0 Å². The summed E-state index contributed by atoms with van der Waals surface area (Å²) in [5.74, 6) is 2.42. The van der Waals surface area contributed by atoms with Gasteiger partial charge in [0.15, 0.2) is 17.5 Å². The number of nitrogens with zero attached hydrogens (tertiary/aromatic N) is 3. The third-order valence-corrected chi connectivity index (χ3v) is 4.52. The Kier molecular flexibility index (Phi) is 5.35. The number of ether oxygens (including phenoxy) is 2. The van der Waals surface area contributed by atoms with Crippen molar-refractivity contribution in [1.29, 1.82) is 0 Å². The number of hydrogen-bond donors (Lipinski definition) is 2. The predicted octanol–water partition coefficient (Wildman–Crippen LogP) is 2.18. The van der Waals surface area contributed by atoms with Crippen LogP contribution in [0.4, 0.5) is 0 Å². The fraction of sp³-hybridized carbons (Fsp3) is 0.474. The molecule has 0 radical (unpaired) electrons. The molecule has 3 rings (SSSR count). The molecule has 0 atom stereocenters. The van der Waals surface area contributed by atoms with Crippen molar-refractivity contribution in [3.63, 3.8) is 0 Å². The maximum Gasteiger partial charge on any atom is 0.231 e. The second-order valence-electron chi connectivity index (χ2n) is 6.95. The molecule has 7 nitrogen and oxygen atoms in total. The fourth-order valence-corrected chi connectivity index (χ4v) is 2.78. The van der Waals surface area contributed by atoms with E-state index in [2.05, 4.69) is 53.6 Å². The van der Waals surface area contributed by atoms with E-state index in [0.29, 0.717) is 13.3 Å². The number of nitrogens with one attached hydrogen (secondary N) is 2. The van der Waals surface area contributed by atoms with Crippen molar-refractivity contribution in [2.45, 2.75) is 32.7 Å². The van der Waals surface area contributed by atoms with Gasteiger partial charge in [-0.2, -0.15) is 5.10 Å². The molecule has 140 valence electrons. The summed E-state index contributed by atoms with van der Waals surface area (Å²) in [7, 11) is 1.92. The standard InChI is InChI=1S/C19H27N5O2/c1-5-20-18(21-11-15-8-9-23-24(15)4)22-12-19(2,3)14-6-7-16-17(10-14)26-13-25-16/h6-10H,5,11-13H2,1-4H3,(H2,20,21,22). The topological polar surface area (TPSA) is 72.7 Å². The first-order valence-corrected chi connectivity index (χ1v) is 8.89. The summed E-state index contributed by atoms with van der Waals surface area (Å²) in [6, 6.07) is 8.10. The van der Waals surface area contributed by atoms with Crippen molar-refractivity contribution >= 4 is 5.96 Å². The van der Waals surface area contributed by atoms with Crippen molar-refractivity contribution < 1.29 is 9.47 Å². The summed E-state index contributed by atoms with van der Waals surface area (Å²) in [6.45, 7) is 8.87. The van der Waals surface area contributed by atoms with Crippen LogP contribution in [0.5, 0.6) is 11.5 Å². The molecule has 0 saturated carbocycles. The van der Waals surface area contributed by atoms with E-state index in [4.69, 9.17) is 9.47 Å². The molecule has 26 heavy (non-hydrogen) atoms. The van der Waals surface area contributed by atoms with Crippen molar-refractivity contribution in [1.82, 2.24) is 20.4 Å². The lowest BCUT2D eigenvalue weighted by Crippen LogP contribution is -2.43. The summed E-state index contributed by atoms with van der Waals surface area (Å²) in [4.78, 5) is 4.66. The lowest BCUT2D eigenvalue weighted by molar-refractivity contribution is 0.174. The van der Waals surface area contributed by atoms with Crippen LogP contribution in [0.25, 0.3) is 0 Å². The van der Waals surface area contributed by atoms with Gasteiger partial charge in [-0.15, -0.1) is 0 Å². The molecule has 2 aromatic rings. The number of aliphatic imine (C=N–C) groups is 1. The first kappa shape index (κ1) is 18.1. The molecular formula is C19H27N5O2. The lowest BCUT2D eigenvalue weighted by Gasteiger charge is -2.27. The third-order valence-electron chi connectivity index (χ3n) is 4.52. The first-order chi connectivity index (χ1) is 12.5. The zero-order chi connectivity index (χ0) is 18.6. The molecule has 0 saturated heterocycles. The van der Waals surface area contributed by atoms with Crippen LogP contribution in [0.1, 0.15) is 32.0 Å². The molecule has 1 aromatic carbocycles. The van der Waals surface area contributed by atoms with Crippen molar-refractivity contribution in [3.8, 4) is 11.5 Å². The minimum atomic E-state index is -0.0936. The molecule has 0 spiro atoms. The zero-order valence-corrected chi connectivity index (χ0v) is 15.9. The minimum absolute atomic E-state index is 0.0936. The Balaban J connectivity index is 1.66. The molecule has 1 aliphatic heterocycles. The minimum Gasteiger partial charge on any atom is -0.454 e. The van der Waals surface area contributed by atoms with Gasteiger partial charge in [0.1, 0.15) is 0 Å². The molecule has 2 N–H and O–H groups in total. The van der Waals surface area contributed by atoms with Gasteiger partial charge in [0.05, 0.1) is 12.2 Å². The summed E-state index contributed by atoms with van der Waals surface area (Å²) in [5, 5.41) is 10.9. The Morgan fingerprint density at radius 2 is 2.04 bits per heavy atom. The molecule has 1 aliphatic rings. The molecular weight excluding hydrogens is 330 g/mol. The van der Waals surface area contributed by atoms with Crippen LogP contribution >= 0.6 is 0 Å². The monoisotopic (exact) mass is 357 g/mol. The van der Waals surface area contributed by atoms with E-state index in [-0.39, 0.29) is 5.41 Å². The molecule has 0 aliphatic carbocycles. The fourth-order valence-electron chi connectivity index (χ4n) is 2.78. The Bertz CT molecular complexity index is 782. The van der Waals surface area contributed by atoms with Gasteiger partial charge in [0, 0.05) is 31.7 Å². The van der Waals surface area contributed by atoms with Gasteiger partial charge in [0.2, 0.25) is 6.79 Å². The molecule has 7 heteroatoms. The summed E-state index contributed by atoms with van der Waals surface area (Å²) < 4.78 is 12.7. The molecule has 1 aromatic heterocycles. The number of benzene rings is 1. The van der Waals surface area contributed by atoms with E-state index in [0.717, 1.165) is 36.2 Å². The first-order valence-electron chi connectivity index (χ1n) is 8.89. The number of guanidine groups is 1. The Labute approximate surface area is 154 Å². The van der Waals surface area contributed by atoms with E-state index >= 15 is 0 Å². The van der Waals surface area contributed by atoms with Crippen LogP contribution in [0.15, 0.2) is 35.5 Å². The largest absolute Gasteiger partial charge is 0.454 e. The van der Waals surface area contributed by atoms with Gasteiger partial charge in [-0.1, -0.05) is 19.9 Å². The van der Waals surface area contributed by atoms with E-state index in [1.165, 1.54) is 5.56 Å². The second kappa shape index (κ2) is 7.68. The number of fused-ring (bicyclic) bond motifs is 1. The average Bonchev–Trinajstić information content (AvgIpc) is 3.25. The second-order valence-corrected chi connectivity index (χ2v) is 6.95. The highest BCUT2D eigenvalue weighted by Gasteiger charge is 2.24. The third kappa shape index (κ3) is 4.09. The van der Waals surface area contributed by atoms with Crippen LogP contribution in [0, 0.1) is 0 Å². The van der Waals surface area contributed by atoms with Crippen LogP contribution in [-0.2, 0) is 19.0 Å². The van der Waals surface area contributed by atoms with Gasteiger partial charge >= 0.3 is 0 Å². The van der Waals surface area contributed by atoms with Crippen molar-refractivity contribution in [2.75, 3.05) is 19.9 Å². The lowest BCUT2D eigenvalue weighted by atomic mass is 9.84. The van der Waals surface area contributed by atoms with E-state index in [1.807, 2.05) is 23.9 Å². The number of hydrogen-bond acceptors (Lipinski definition) is 4. The molecule has 2 heterocycles. The molecule has 0 fully saturated rings. The Morgan fingerprint density at radius 3 is 2.77 bits per heavy atom. The highest BCUT2D eigenvalue weighted by atomic mass is 16.7. The maximum absolute atomic E-state index is 5.50. The van der Waals surface area contributed by atoms with E-state index < -0.39 is 0 Å². The van der Waals surface area contributed by atoms with Crippen LogP contribution in [0.3, 0.4) is 0 Å². The van der Waals surface area contributed by atoms with Gasteiger partial charge in [0.25, 0.3) is 0 Å². The van der Waals surface area contributed by atoms with Gasteiger partial charge < -0.3 is 20.1 Å². The van der Waals surface area contributed by atoms with Gasteiger partial charge in [-0.3, -0.25) is 4.68 Å². The summed E-state index contributed by atoms with van der Waals surface area (Å²) in [6.07, 6.45) is 1.79. The van der Waals surface area contributed by atoms with Crippen molar-refractivity contribution in [3.05, 3.63) is 41.7 Å². The quantitative estimate of drug-likeness (QED) is 0.612. The van der Waals surface area contributed by atoms with Gasteiger partial charge in [-0.25, -0.2) is 4.99 Å². The average molecular weight is 357 g/mol.